The first-order chi connectivity index (χ1) is 14.5. The Morgan fingerprint density at radius 1 is 1.07 bits per heavy atom. The van der Waals surface area contributed by atoms with Gasteiger partial charge in [-0.25, -0.2) is 4.98 Å². The molecule has 0 aliphatic rings. The SMILES string of the molecule is CCN(CC)CCN(C)C(=O)c1ccc2[nH]c(-c3nc4cscc4[nH]c3=O)cc2c1. The first-order valence-electron chi connectivity index (χ1n) is 10.1. The molecule has 0 bridgehead atoms. The Labute approximate surface area is 178 Å². The number of aromatic amines is 2. The quantitative estimate of drug-likeness (QED) is 0.476. The summed E-state index contributed by atoms with van der Waals surface area (Å²) in [6.07, 6.45) is 0. The highest BCUT2D eigenvalue weighted by Gasteiger charge is 2.15. The minimum absolute atomic E-state index is 0.0116. The van der Waals surface area contributed by atoms with Crippen LogP contribution in [-0.4, -0.2) is 63.9 Å². The van der Waals surface area contributed by atoms with Crippen LogP contribution in [0.2, 0.25) is 0 Å². The molecule has 8 heteroatoms. The Balaban J connectivity index is 1.59. The van der Waals surface area contributed by atoms with Crippen molar-refractivity contribution >= 4 is 39.2 Å². The lowest BCUT2D eigenvalue weighted by Crippen LogP contribution is -2.36. The van der Waals surface area contributed by atoms with Gasteiger partial charge in [0.15, 0.2) is 5.69 Å². The Morgan fingerprint density at radius 2 is 1.87 bits per heavy atom. The topological polar surface area (TPSA) is 85.1 Å². The number of carbonyl (C=O) groups excluding carboxylic acids is 1. The van der Waals surface area contributed by atoms with E-state index in [2.05, 4.69) is 33.7 Å². The minimum atomic E-state index is -0.236. The summed E-state index contributed by atoms with van der Waals surface area (Å²) in [7, 11) is 1.83. The Kier molecular flexibility index (Phi) is 5.69. The lowest BCUT2D eigenvalue weighted by atomic mass is 10.1. The number of rotatable bonds is 7. The normalized spacial score (nSPS) is 11.6. The number of likely N-dealkylation sites (N-methyl/N-ethyl adjacent to an activating group) is 2. The summed E-state index contributed by atoms with van der Waals surface area (Å²) in [6.45, 7) is 7.72. The predicted octanol–water partition coefficient (Wildman–Crippen LogP) is 3.55. The van der Waals surface area contributed by atoms with E-state index in [0.717, 1.165) is 41.6 Å². The second-order valence-electron chi connectivity index (χ2n) is 7.32. The molecule has 0 saturated carbocycles. The van der Waals surface area contributed by atoms with Gasteiger partial charge < -0.3 is 19.8 Å². The summed E-state index contributed by atoms with van der Waals surface area (Å²) in [5.74, 6) is -0.0116. The first kappa shape index (κ1) is 20.3. The fourth-order valence-corrected chi connectivity index (χ4v) is 4.24. The van der Waals surface area contributed by atoms with E-state index < -0.39 is 0 Å². The minimum Gasteiger partial charge on any atom is -0.353 e. The second kappa shape index (κ2) is 8.41. The smallest absolute Gasteiger partial charge is 0.276 e. The number of H-pyrrole nitrogens is 2. The highest BCUT2D eigenvalue weighted by molar-refractivity contribution is 7.09. The molecule has 30 heavy (non-hydrogen) atoms. The summed E-state index contributed by atoms with van der Waals surface area (Å²) >= 11 is 1.50. The molecular formula is C22H25N5O2S. The van der Waals surface area contributed by atoms with Gasteiger partial charge in [-0.2, -0.15) is 0 Å². The monoisotopic (exact) mass is 423 g/mol. The van der Waals surface area contributed by atoms with Gasteiger partial charge in [0.05, 0.1) is 16.7 Å². The molecule has 156 valence electrons. The van der Waals surface area contributed by atoms with Gasteiger partial charge in [-0.1, -0.05) is 13.8 Å². The van der Waals surface area contributed by atoms with Crippen LogP contribution in [0.1, 0.15) is 24.2 Å². The summed E-state index contributed by atoms with van der Waals surface area (Å²) in [4.78, 5) is 40.0. The predicted molar refractivity (Wildman–Crippen MR) is 122 cm³/mol. The van der Waals surface area contributed by atoms with Gasteiger partial charge in [0, 0.05) is 47.4 Å². The van der Waals surface area contributed by atoms with E-state index in [1.54, 1.807) is 4.90 Å². The number of amides is 1. The van der Waals surface area contributed by atoms with Crippen LogP contribution in [0.4, 0.5) is 0 Å². The molecule has 1 amide bonds. The van der Waals surface area contributed by atoms with Gasteiger partial charge in [0.1, 0.15) is 0 Å². The second-order valence-corrected chi connectivity index (χ2v) is 8.07. The van der Waals surface area contributed by atoms with Crippen molar-refractivity contribution in [1.29, 1.82) is 0 Å². The molecule has 4 rings (SSSR count). The maximum atomic E-state index is 12.9. The van der Waals surface area contributed by atoms with Crippen molar-refractivity contribution in [2.24, 2.45) is 0 Å². The van der Waals surface area contributed by atoms with E-state index >= 15 is 0 Å². The molecule has 4 aromatic rings. The summed E-state index contributed by atoms with van der Waals surface area (Å²) in [6, 6.07) is 7.43. The molecule has 0 spiro atoms. The number of nitrogens with one attached hydrogen (secondary N) is 2. The van der Waals surface area contributed by atoms with Crippen molar-refractivity contribution in [2.75, 3.05) is 33.2 Å². The number of benzene rings is 1. The Hall–Kier alpha value is -2.97. The van der Waals surface area contributed by atoms with Crippen molar-refractivity contribution in [2.45, 2.75) is 13.8 Å². The van der Waals surface area contributed by atoms with Crippen molar-refractivity contribution in [3.63, 3.8) is 0 Å². The zero-order valence-electron chi connectivity index (χ0n) is 17.4. The molecular weight excluding hydrogens is 398 g/mol. The third-order valence-corrected chi connectivity index (χ3v) is 6.18. The van der Waals surface area contributed by atoms with Crippen molar-refractivity contribution in [3.05, 3.63) is 50.9 Å². The van der Waals surface area contributed by atoms with Crippen LogP contribution in [-0.2, 0) is 0 Å². The number of aromatic nitrogens is 3. The molecule has 0 radical (unpaired) electrons. The number of hydrogen-bond donors (Lipinski definition) is 2. The average molecular weight is 424 g/mol. The molecule has 0 saturated heterocycles. The van der Waals surface area contributed by atoms with Crippen LogP contribution in [0.5, 0.6) is 0 Å². The van der Waals surface area contributed by atoms with Crippen LogP contribution in [0, 0.1) is 0 Å². The standard InChI is InChI=1S/C22H25N5O2S/c1-4-27(5-2)9-8-26(3)22(29)14-6-7-16-15(10-14)11-17(23-16)20-21(28)25-19-13-30-12-18(19)24-20/h6-7,10-13,23H,4-5,8-9H2,1-3H3,(H,25,28). The molecule has 3 aromatic heterocycles. The number of hydrogen-bond acceptors (Lipinski definition) is 5. The fraction of sp³-hybridized carbons (Fsp3) is 0.318. The summed E-state index contributed by atoms with van der Waals surface area (Å²) in [5.41, 5.74) is 3.74. The molecule has 0 aliphatic carbocycles. The third-order valence-electron chi connectivity index (χ3n) is 5.45. The fourth-order valence-electron chi connectivity index (χ4n) is 3.55. The van der Waals surface area contributed by atoms with Gasteiger partial charge in [-0.3, -0.25) is 9.59 Å². The molecule has 3 heterocycles. The maximum Gasteiger partial charge on any atom is 0.276 e. The van der Waals surface area contributed by atoms with E-state index in [0.29, 0.717) is 23.5 Å². The van der Waals surface area contributed by atoms with Crippen LogP contribution < -0.4 is 5.56 Å². The van der Waals surface area contributed by atoms with Crippen LogP contribution in [0.25, 0.3) is 33.3 Å². The zero-order chi connectivity index (χ0) is 21.3. The van der Waals surface area contributed by atoms with Gasteiger partial charge >= 0.3 is 0 Å². The van der Waals surface area contributed by atoms with E-state index in [9.17, 15) is 9.59 Å². The van der Waals surface area contributed by atoms with E-state index in [4.69, 9.17) is 0 Å². The average Bonchev–Trinajstić information content (AvgIpc) is 3.38. The summed E-state index contributed by atoms with van der Waals surface area (Å²) in [5, 5.41) is 4.65. The van der Waals surface area contributed by atoms with Crippen LogP contribution >= 0.6 is 11.3 Å². The van der Waals surface area contributed by atoms with Crippen LogP contribution in [0.3, 0.4) is 0 Å². The van der Waals surface area contributed by atoms with Gasteiger partial charge in [-0.05, 0) is 37.4 Å². The largest absolute Gasteiger partial charge is 0.353 e. The molecule has 0 unspecified atom stereocenters. The Morgan fingerprint density at radius 3 is 2.63 bits per heavy atom. The number of thiophene rings is 1. The van der Waals surface area contributed by atoms with Crippen LogP contribution in [0.15, 0.2) is 39.8 Å². The van der Waals surface area contributed by atoms with Crippen molar-refractivity contribution in [3.8, 4) is 11.4 Å². The highest BCUT2D eigenvalue weighted by atomic mass is 32.1. The molecule has 0 aliphatic heterocycles. The lowest BCUT2D eigenvalue weighted by Gasteiger charge is -2.23. The van der Waals surface area contributed by atoms with Gasteiger partial charge in [-0.15, -0.1) is 11.3 Å². The highest BCUT2D eigenvalue weighted by Crippen LogP contribution is 2.24. The number of nitrogens with zero attached hydrogens (tertiary/aromatic N) is 3. The Bertz CT molecular complexity index is 1250. The number of carbonyl (C=O) groups is 1. The molecule has 1 aromatic carbocycles. The van der Waals surface area contributed by atoms with Gasteiger partial charge in [0.25, 0.3) is 11.5 Å². The third kappa shape index (κ3) is 3.88. The van der Waals surface area contributed by atoms with Gasteiger partial charge in [0.2, 0.25) is 0 Å². The zero-order valence-corrected chi connectivity index (χ0v) is 18.2. The first-order valence-corrected chi connectivity index (χ1v) is 11.0. The molecule has 7 nitrogen and oxygen atoms in total. The summed E-state index contributed by atoms with van der Waals surface area (Å²) < 4.78 is 0. The van der Waals surface area contributed by atoms with Crippen molar-refractivity contribution in [1.82, 2.24) is 24.8 Å². The van der Waals surface area contributed by atoms with E-state index in [-0.39, 0.29) is 11.5 Å². The van der Waals surface area contributed by atoms with E-state index in [1.807, 2.05) is 42.1 Å². The van der Waals surface area contributed by atoms with E-state index in [1.165, 1.54) is 11.3 Å². The lowest BCUT2D eigenvalue weighted by molar-refractivity contribution is 0.0780. The maximum absolute atomic E-state index is 12.9. The molecule has 2 N–H and O–H groups in total. The number of fused-ring (bicyclic) bond motifs is 2. The van der Waals surface area contributed by atoms with Crippen molar-refractivity contribution < 1.29 is 4.79 Å². The molecule has 0 fully saturated rings. The molecule has 0 atom stereocenters.